The third-order valence-corrected chi connectivity index (χ3v) is 5.81. The molecule has 0 N–H and O–H groups in total. The summed E-state index contributed by atoms with van der Waals surface area (Å²) in [6.07, 6.45) is 0.870. The number of hydrogen-bond acceptors (Lipinski definition) is 6. The van der Waals surface area contributed by atoms with E-state index < -0.39 is 5.97 Å². The summed E-state index contributed by atoms with van der Waals surface area (Å²) in [5.41, 5.74) is 1.17. The molecule has 7 heteroatoms. The number of esters is 1. The Kier molecular flexibility index (Phi) is 7.04. The summed E-state index contributed by atoms with van der Waals surface area (Å²) in [5.74, 6) is 0.183. The van der Waals surface area contributed by atoms with Crippen LogP contribution in [0.1, 0.15) is 30.6 Å². The van der Waals surface area contributed by atoms with Gasteiger partial charge in [-0.25, -0.2) is 4.79 Å². The van der Waals surface area contributed by atoms with Gasteiger partial charge in [-0.2, -0.15) is 0 Å². The highest BCUT2D eigenvalue weighted by Gasteiger charge is 2.25. The molecule has 6 nitrogen and oxygen atoms in total. The van der Waals surface area contributed by atoms with Crippen molar-refractivity contribution in [3.63, 3.8) is 0 Å². The molecule has 0 saturated heterocycles. The van der Waals surface area contributed by atoms with Gasteiger partial charge in [0.1, 0.15) is 0 Å². The van der Waals surface area contributed by atoms with Gasteiger partial charge in [0.05, 0.1) is 25.0 Å². The monoisotopic (exact) mass is 415 g/mol. The van der Waals surface area contributed by atoms with E-state index in [9.17, 15) is 9.59 Å². The lowest BCUT2D eigenvalue weighted by atomic mass is 10.2. The molecular formula is C22H25NO5S. The molecule has 1 heterocycles. The summed E-state index contributed by atoms with van der Waals surface area (Å²) in [7, 11) is 1.53. The number of carbonyl (C=O) groups is 2. The van der Waals surface area contributed by atoms with Crippen LogP contribution in [0, 0.1) is 0 Å². The molecule has 0 aromatic heterocycles. The normalized spacial score (nSPS) is 15.8. The summed E-state index contributed by atoms with van der Waals surface area (Å²) in [6, 6.07) is 12.6. The third-order valence-electron chi connectivity index (χ3n) is 4.57. The number of carbonyl (C=O) groups excluding carboxylic acids is 2. The van der Waals surface area contributed by atoms with Crippen LogP contribution in [0.3, 0.4) is 0 Å². The lowest BCUT2D eigenvalue weighted by Crippen LogP contribution is -2.35. The molecule has 0 bridgehead atoms. The highest BCUT2D eigenvalue weighted by Crippen LogP contribution is 2.37. The first-order chi connectivity index (χ1) is 14.0. The molecule has 1 amide bonds. The molecule has 0 fully saturated rings. The minimum Gasteiger partial charge on any atom is -0.493 e. The predicted octanol–water partition coefficient (Wildman–Crippen LogP) is 4.17. The van der Waals surface area contributed by atoms with Crippen molar-refractivity contribution in [1.82, 2.24) is 0 Å². The molecule has 3 rings (SSSR count). The Balaban J connectivity index is 1.69. The lowest BCUT2D eigenvalue weighted by molar-refractivity contribution is -0.121. The van der Waals surface area contributed by atoms with Crippen LogP contribution in [0.15, 0.2) is 47.4 Å². The quantitative estimate of drug-likeness (QED) is 0.660. The molecule has 1 atom stereocenters. The lowest BCUT2D eigenvalue weighted by Gasteiger charge is -2.22. The molecule has 2 aromatic rings. The van der Waals surface area contributed by atoms with Gasteiger partial charge in [-0.1, -0.05) is 19.1 Å². The average molecular weight is 416 g/mol. The number of nitrogens with zero attached hydrogens (tertiary/aromatic N) is 1. The van der Waals surface area contributed by atoms with Crippen LogP contribution in [-0.4, -0.2) is 44.0 Å². The van der Waals surface area contributed by atoms with E-state index in [1.165, 1.54) is 7.11 Å². The molecule has 29 heavy (non-hydrogen) atoms. The van der Waals surface area contributed by atoms with Crippen LogP contribution in [0.4, 0.5) is 5.69 Å². The van der Waals surface area contributed by atoms with Gasteiger partial charge in [0.15, 0.2) is 18.1 Å². The summed E-state index contributed by atoms with van der Waals surface area (Å²) in [5, 5.41) is 0.410. The zero-order chi connectivity index (χ0) is 20.8. The second-order valence-corrected chi connectivity index (χ2v) is 8.09. The summed E-state index contributed by atoms with van der Waals surface area (Å²) in [6.45, 7) is 4.72. The minimum atomic E-state index is -0.576. The molecular weight excluding hydrogens is 390 g/mol. The van der Waals surface area contributed by atoms with E-state index >= 15 is 0 Å². The maximum Gasteiger partial charge on any atom is 0.338 e. The SMILES string of the molecule is CCOc1cc(C(=O)OCC(=O)N2CC[C@H](C)Sc3ccccc32)ccc1OC. The number of para-hydroxylation sites is 1. The van der Waals surface area contributed by atoms with Gasteiger partial charge in [0.25, 0.3) is 5.91 Å². The number of thioether (sulfide) groups is 1. The number of anilines is 1. The number of benzene rings is 2. The Bertz CT molecular complexity index is 885. The third kappa shape index (κ3) is 5.03. The van der Waals surface area contributed by atoms with Crippen molar-refractivity contribution < 1.29 is 23.8 Å². The van der Waals surface area contributed by atoms with Crippen molar-refractivity contribution in [2.75, 3.05) is 31.8 Å². The van der Waals surface area contributed by atoms with Crippen LogP contribution in [0.2, 0.25) is 0 Å². The number of fused-ring (bicyclic) bond motifs is 1. The van der Waals surface area contributed by atoms with Gasteiger partial charge in [-0.3, -0.25) is 4.79 Å². The molecule has 1 aliphatic rings. The predicted molar refractivity (Wildman–Crippen MR) is 113 cm³/mol. The molecule has 0 aliphatic carbocycles. The van der Waals surface area contributed by atoms with E-state index in [1.807, 2.05) is 31.2 Å². The molecule has 1 aliphatic heterocycles. The Labute approximate surface area is 175 Å². The number of hydrogen-bond donors (Lipinski definition) is 0. The Morgan fingerprint density at radius 2 is 1.97 bits per heavy atom. The van der Waals surface area contributed by atoms with Gasteiger partial charge in [0, 0.05) is 16.7 Å². The number of amides is 1. The van der Waals surface area contributed by atoms with Crippen molar-refractivity contribution in [1.29, 1.82) is 0 Å². The van der Waals surface area contributed by atoms with Gasteiger partial charge in [-0.05, 0) is 43.7 Å². The zero-order valence-electron chi connectivity index (χ0n) is 16.8. The van der Waals surface area contributed by atoms with Crippen LogP contribution >= 0.6 is 11.8 Å². The van der Waals surface area contributed by atoms with Crippen LogP contribution in [0.25, 0.3) is 0 Å². The molecule has 2 aromatic carbocycles. The first-order valence-electron chi connectivity index (χ1n) is 9.57. The fourth-order valence-corrected chi connectivity index (χ4v) is 4.22. The fraction of sp³-hybridized carbons (Fsp3) is 0.364. The van der Waals surface area contributed by atoms with Crippen molar-refractivity contribution in [3.8, 4) is 11.5 Å². The van der Waals surface area contributed by atoms with Gasteiger partial charge in [-0.15, -0.1) is 11.8 Å². The maximum absolute atomic E-state index is 12.8. The average Bonchev–Trinajstić information content (AvgIpc) is 2.90. The molecule has 0 saturated carbocycles. The first-order valence-corrected chi connectivity index (χ1v) is 10.5. The number of methoxy groups -OCH3 is 1. The summed E-state index contributed by atoms with van der Waals surface area (Å²) >= 11 is 1.76. The molecule has 154 valence electrons. The first kappa shape index (κ1) is 21.0. The van der Waals surface area contributed by atoms with Crippen molar-refractivity contribution >= 4 is 29.3 Å². The topological polar surface area (TPSA) is 65.1 Å². The zero-order valence-corrected chi connectivity index (χ0v) is 17.7. The summed E-state index contributed by atoms with van der Waals surface area (Å²) in [4.78, 5) is 28.1. The van der Waals surface area contributed by atoms with Crippen molar-refractivity contribution in [3.05, 3.63) is 48.0 Å². The molecule has 0 spiro atoms. The van der Waals surface area contributed by atoms with Gasteiger partial charge >= 0.3 is 5.97 Å². The fourth-order valence-electron chi connectivity index (χ4n) is 3.11. The van der Waals surface area contributed by atoms with Crippen molar-refractivity contribution in [2.45, 2.75) is 30.4 Å². The van der Waals surface area contributed by atoms with E-state index in [-0.39, 0.29) is 12.5 Å². The smallest absolute Gasteiger partial charge is 0.338 e. The maximum atomic E-state index is 12.8. The van der Waals surface area contributed by atoms with Crippen LogP contribution in [0.5, 0.6) is 11.5 Å². The van der Waals surface area contributed by atoms with Crippen LogP contribution in [-0.2, 0) is 9.53 Å². The van der Waals surface area contributed by atoms with Gasteiger partial charge < -0.3 is 19.1 Å². The van der Waals surface area contributed by atoms with E-state index in [2.05, 4.69) is 6.92 Å². The molecule has 0 unspecified atom stereocenters. The van der Waals surface area contributed by atoms with Crippen molar-refractivity contribution in [2.24, 2.45) is 0 Å². The Hall–Kier alpha value is -2.67. The van der Waals surface area contributed by atoms with E-state index in [1.54, 1.807) is 34.9 Å². The summed E-state index contributed by atoms with van der Waals surface area (Å²) < 4.78 is 16.0. The minimum absolute atomic E-state index is 0.237. The standard InChI is InChI=1S/C22H25NO5S/c1-4-27-19-13-16(9-10-18(19)26-3)22(25)28-14-21(24)23-12-11-15(2)29-20-8-6-5-7-17(20)23/h5-10,13,15H,4,11-12,14H2,1-3H3/t15-/m0/s1. The second kappa shape index (κ2) is 9.69. The van der Waals surface area contributed by atoms with Gasteiger partial charge in [0.2, 0.25) is 0 Å². The Morgan fingerprint density at radius 1 is 1.17 bits per heavy atom. The Morgan fingerprint density at radius 3 is 2.72 bits per heavy atom. The number of rotatable bonds is 6. The van der Waals surface area contributed by atoms with E-state index in [4.69, 9.17) is 14.2 Å². The largest absolute Gasteiger partial charge is 0.493 e. The van der Waals surface area contributed by atoms with E-state index in [0.29, 0.717) is 35.5 Å². The second-order valence-electron chi connectivity index (χ2n) is 6.61. The highest BCUT2D eigenvalue weighted by atomic mass is 32.2. The van der Waals surface area contributed by atoms with Crippen LogP contribution < -0.4 is 14.4 Å². The van der Waals surface area contributed by atoms with E-state index in [0.717, 1.165) is 17.0 Å². The molecule has 0 radical (unpaired) electrons. The highest BCUT2D eigenvalue weighted by molar-refractivity contribution is 8.00. The number of ether oxygens (including phenoxy) is 3.